The Bertz CT molecular complexity index is 1030. The molecule has 1 unspecified atom stereocenters. The molecule has 0 bridgehead atoms. The summed E-state index contributed by atoms with van der Waals surface area (Å²) in [5.41, 5.74) is 0.881. The van der Waals surface area contributed by atoms with Crippen molar-refractivity contribution in [3.8, 4) is 11.5 Å². The van der Waals surface area contributed by atoms with Gasteiger partial charge < -0.3 is 19.1 Å². The van der Waals surface area contributed by atoms with Gasteiger partial charge in [-0.25, -0.2) is 4.98 Å². The molecule has 0 aliphatic carbocycles. The lowest BCUT2D eigenvalue weighted by atomic mass is 10.1. The predicted octanol–water partition coefficient (Wildman–Crippen LogP) is 3.71. The highest BCUT2D eigenvalue weighted by Gasteiger charge is 2.38. The molecule has 3 rings (SSSR count). The van der Waals surface area contributed by atoms with Crippen LogP contribution in [0.4, 0.5) is 13.2 Å². The van der Waals surface area contributed by atoms with Crippen LogP contribution in [0.3, 0.4) is 0 Å². The number of methoxy groups -OCH3 is 1. The number of ketones is 1. The van der Waals surface area contributed by atoms with Crippen molar-refractivity contribution in [3.63, 3.8) is 0 Å². The maximum absolute atomic E-state index is 13.3. The number of halogens is 3. The number of aliphatic hydroxyl groups excluding tert-OH is 1. The van der Waals surface area contributed by atoms with E-state index in [1.54, 1.807) is 12.1 Å². The molecule has 0 radical (unpaired) electrons. The topological polar surface area (TPSA) is 73.6 Å². The number of carbonyl (C=O) groups is 1. The fourth-order valence-electron chi connectivity index (χ4n) is 2.93. The minimum Gasteiger partial charge on any atom is -0.493 e. The van der Waals surface area contributed by atoms with Crippen LogP contribution in [0.25, 0.3) is 11.0 Å². The van der Waals surface area contributed by atoms with Crippen molar-refractivity contribution in [2.45, 2.75) is 25.7 Å². The second kappa shape index (κ2) is 8.12. The molecule has 6 nitrogen and oxygen atoms in total. The second-order valence-electron chi connectivity index (χ2n) is 6.42. The first-order valence-electron chi connectivity index (χ1n) is 8.73. The number of benzene rings is 2. The van der Waals surface area contributed by atoms with E-state index in [2.05, 4.69) is 4.98 Å². The summed E-state index contributed by atoms with van der Waals surface area (Å²) in [6.07, 6.45) is -5.91. The van der Waals surface area contributed by atoms with E-state index in [-0.39, 0.29) is 41.5 Å². The molecule has 0 amide bonds. The summed E-state index contributed by atoms with van der Waals surface area (Å²) in [4.78, 5) is 15.1. The van der Waals surface area contributed by atoms with Gasteiger partial charge in [0, 0.05) is 5.56 Å². The van der Waals surface area contributed by atoms with Crippen LogP contribution >= 0.6 is 0 Å². The summed E-state index contributed by atoms with van der Waals surface area (Å²) < 4.78 is 51.7. The van der Waals surface area contributed by atoms with Gasteiger partial charge in [0.2, 0.25) is 5.82 Å². The number of ether oxygens (including phenoxy) is 2. The van der Waals surface area contributed by atoms with E-state index in [9.17, 15) is 23.1 Å². The van der Waals surface area contributed by atoms with E-state index in [1.807, 2.05) is 0 Å². The standard InChI is InChI=1S/C20H19F3N2O4/c1-12(26)13-7-8-17(18(9-13)28-2)29-11-14(27)10-25-16-6-4-3-5-15(16)24-19(25)20(21,22)23/h3-9,14,27H,10-11H2,1-2H3. The summed E-state index contributed by atoms with van der Waals surface area (Å²) in [5, 5.41) is 10.3. The average Bonchev–Trinajstić information content (AvgIpc) is 3.05. The van der Waals surface area contributed by atoms with E-state index >= 15 is 0 Å². The number of alkyl halides is 3. The third-order valence-corrected chi connectivity index (χ3v) is 4.30. The van der Waals surface area contributed by atoms with E-state index in [0.717, 1.165) is 4.57 Å². The monoisotopic (exact) mass is 408 g/mol. The van der Waals surface area contributed by atoms with E-state index in [1.165, 1.54) is 44.4 Å². The fraction of sp³-hybridized carbons (Fsp3) is 0.300. The molecule has 1 heterocycles. The van der Waals surface area contributed by atoms with Gasteiger partial charge in [0.1, 0.15) is 12.7 Å². The molecule has 0 saturated carbocycles. The molecule has 2 aromatic carbocycles. The lowest BCUT2D eigenvalue weighted by molar-refractivity contribution is -0.147. The van der Waals surface area contributed by atoms with Crippen molar-refractivity contribution >= 4 is 16.8 Å². The molecule has 29 heavy (non-hydrogen) atoms. The fourth-order valence-corrected chi connectivity index (χ4v) is 2.93. The Balaban J connectivity index is 1.78. The van der Waals surface area contributed by atoms with Crippen molar-refractivity contribution in [1.29, 1.82) is 0 Å². The first-order valence-corrected chi connectivity index (χ1v) is 8.73. The number of para-hydroxylation sites is 2. The van der Waals surface area contributed by atoms with Crippen LogP contribution in [-0.4, -0.2) is 40.3 Å². The minimum absolute atomic E-state index is 0.151. The molecule has 3 aromatic rings. The zero-order valence-corrected chi connectivity index (χ0v) is 15.7. The highest BCUT2D eigenvalue weighted by atomic mass is 19.4. The Hall–Kier alpha value is -3.07. The Morgan fingerprint density at radius 3 is 2.59 bits per heavy atom. The van der Waals surface area contributed by atoms with Crippen molar-refractivity contribution < 1.29 is 32.5 Å². The SMILES string of the molecule is COc1cc(C(C)=O)ccc1OCC(O)Cn1c(C(F)(F)F)nc2ccccc21. The van der Waals surface area contributed by atoms with Crippen molar-refractivity contribution in [2.24, 2.45) is 0 Å². The maximum atomic E-state index is 13.3. The summed E-state index contributed by atoms with van der Waals surface area (Å²) in [5.74, 6) is -0.681. The van der Waals surface area contributed by atoms with E-state index in [0.29, 0.717) is 5.56 Å². The molecular weight excluding hydrogens is 389 g/mol. The van der Waals surface area contributed by atoms with Crippen molar-refractivity contribution in [1.82, 2.24) is 9.55 Å². The van der Waals surface area contributed by atoms with Gasteiger partial charge in [-0.3, -0.25) is 4.79 Å². The van der Waals surface area contributed by atoms with Crippen LogP contribution in [0.2, 0.25) is 0 Å². The number of fused-ring (bicyclic) bond motifs is 1. The number of Topliss-reactive ketones (excluding diaryl/α,β-unsaturated/α-hetero) is 1. The number of hydrogen-bond donors (Lipinski definition) is 1. The highest BCUT2D eigenvalue weighted by Crippen LogP contribution is 2.32. The lowest BCUT2D eigenvalue weighted by Crippen LogP contribution is -2.26. The minimum atomic E-state index is -4.66. The zero-order chi connectivity index (χ0) is 21.2. The van der Waals surface area contributed by atoms with Gasteiger partial charge in [0.15, 0.2) is 17.3 Å². The van der Waals surface area contributed by atoms with Crippen LogP contribution in [0.1, 0.15) is 23.1 Å². The van der Waals surface area contributed by atoms with Crippen LogP contribution in [-0.2, 0) is 12.7 Å². The number of nitrogens with zero attached hydrogens (tertiary/aromatic N) is 2. The highest BCUT2D eigenvalue weighted by molar-refractivity contribution is 5.94. The first-order chi connectivity index (χ1) is 13.7. The molecule has 1 atom stereocenters. The Labute approximate surface area is 164 Å². The zero-order valence-electron chi connectivity index (χ0n) is 15.7. The first kappa shape index (κ1) is 20.7. The molecule has 0 spiro atoms. The summed E-state index contributed by atoms with van der Waals surface area (Å²) in [6, 6.07) is 10.7. The van der Waals surface area contributed by atoms with Gasteiger partial charge in [0.05, 0.1) is 24.7 Å². The lowest BCUT2D eigenvalue weighted by Gasteiger charge is -2.17. The number of aliphatic hydroxyl groups is 1. The van der Waals surface area contributed by atoms with Crippen molar-refractivity contribution in [2.75, 3.05) is 13.7 Å². The molecule has 0 aliphatic rings. The third kappa shape index (κ3) is 4.51. The molecular formula is C20H19F3N2O4. The Kier molecular flexibility index (Phi) is 5.78. The van der Waals surface area contributed by atoms with Crippen LogP contribution < -0.4 is 9.47 Å². The Morgan fingerprint density at radius 1 is 1.21 bits per heavy atom. The predicted molar refractivity (Wildman–Crippen MR) is 99.2 cm³/mol. The molecule has 0 aliphatic heterocycles. The smallest absolute Gasteiger partial charge is 0.449 e. The van der Waals surface area contributed by atoms with Crippen LogP contribution in [0.15, 0.2) is 42.5 Å². The number of hydrogen-bond acceptors (Lipinski definition) is 5. The number of aromatic nitrogens is 2. The normalized spacial score (nSPS) is 12.8. The average molecular weight is 408 g/mol. The molecule has 154 valence electrons. The number of carbonyl (C=O) groups excluding carboxylic acids is 1. The van der Waals surface area contributed by atoms with Crippen LogP contribution in [0, 0.1) is 0 Å². The summed E-state index contributed by atoms with van der Waals surface area (Å²) in [6.45, 7) is 0.773. The Morgan fingerprint density at radius 2 is 1.93 bits per heavy atom. The van der Waals surface area contributed by atoms with Gasteiger partial charge >= 0.3 is 6.18 Å². The molecule has 0 fully saturated rings. The maximum Gasteiger partial charge on any atom is 0.449 e. The van der Waals surface area contributed by atoms with Gasteiger partial charge in [-0.2, -0.15) is 13.2 Å². The number of rotatable bonds is 7. The van der Waals surface area contributed by atoms with Gasteiger partial charge in [0.25, 0.3) is 0 Å². The van der Waals surface area contributed by atoms with E-state index < -0.39 is 18.1 Å². The largest absolute Gasteiger partial charge is 0.493 e. The quantitative estimate of drug-likeness (QED) is 0.604. The second-order valence-corrected chi connectivity index (χ2v) is 6.42. The summed E-state index contributed by atoms with van der Waals surface area (Å²) in [7, 11) is 1.40. The molecule has 9 heteroatoms. The van der Waals surface area contributed by atoms with Gasteiger partial charge in [-0.1, -0.05) is 12.1 Å². The third-order valence-electron chi connectivity index (χ3n) is 4.30. The van der Waals surface area contributed by atoms with Crippen LogP contribution in [0.5, 0.6) is 11.5 Å². The molecule has 0 saturated heterocycles. The van der Waals surface area contributed by atoms with Gasteiger partial charge in [-0.05, 0) is 37.3 Å². The van der Waals surface area contributed by atoms with Gasteiger partial charge in [-0.15, -0.1) is 0 Å². The summed E-state index contributed by atoms with van der Waals surface area (Å²) >= 11 is 0. The molecule has 1 N–H and O–H groups in total. The van der Waals surface area contributed by atoms with Crippen molar-refractivity contribution in [3.05, 3.63) is 53.9 Å². The molecule has 1 aromatic heterocycles. The van der Waals surface area contributed by atoms with E-state index in [4.69, 9.17) is 9.47 Å². The number of imidazole rings is 1.